The van der Waals surface area contributed by atoms with Gasteiger partial charge >= 0.3 is 6.18 Å². The van der Waals surface area contributed by atoms with E-state index in [0.29, 0.717) is 10.9 Å². The first-order valence-electron chi connectivity index (χ1n) is 9.46. The van der Waals surface area contributed by atoms with Crippen molar-refractivity contribution in [2.24, 2.45) is 0 Å². The zero-order valence-corrected chi connectivity index (χ0v) is 19.0. The van der Waals surface area contributed by atoms with Crippen molar-refractivity contribution in [3.63, 3.8) is 0 Å². The lowest BCUT2D eigenvalue weighted by atomic mass is 9.88. The van der Waals surface area contributed by atoms with E-state index >= 15 is 0 Å². The summed E-state index contributed by atoms with van der Waals surface area (Å²) >= 11 is 6.95. The van der Waals surface area contributed by atoms with Crippen LogP contribution in [0.5, 0.6) is 5.75 Å². The van der Waals surface area contributed by atoms with E-state index in [2.05, 4.69) is 10.3 Å². The molecule has 0 aliphatic heterocycles. The van der Waals surface area contributed by atoms with Gasteiger partial charge in [-0.25, -0.2) is 4.39 Å². The van der Waals surface area contributed by atoms with E-state index in [0.717, 1.165) is 17.5 Å². The molecule has 32 heavy (non-hydrogen) atoms. The summed E-state index contributed by atoms with van der Waals surface area (Å²) in [5, 5.41) is 13.7. The van der Waals surface area contributed by atoms with Gasteiger partial charge in [-0.15, -0.1) is 0 Å². The maximum atomic E-state index is 14.7. The van der Waals surface area contributed by atoms with E-state index in [1.807, 2.05) is 0 Å². The molecule has 4 nitrogen and oxygen atoms in total. The standard InChI is InChI=1S/C22H21ClF4N2O2S/c1-12-7-8-13-15(28-12)5-4-6-16(13)29-20(21(30,11-32-3)22(25,26)27)14-9-10-17(31-2)19(24)18(14)23/h4-10,20,29-30H,11H2,1-3H3/t20-,21+/m0/s1. The number of thioether (sulfide) groups is 1. The maximum Gasteiger partial charge on any atom is 0.420 e. The van der Waals surface area contributed by atoms with Crippen LogP contribution in [0, 0.1) is 12.7 Å². The molecule has 0 radical (unpaired) electrons. The van der Waals surface area contributed by atoms with Crippen molar-refractivity contribution < 1.29 is 27.4 Å². The van der Waals surface area contributed by atoms with Crippen LogP contribution >= 0.6 is 23.4 Å². The number of methoxy groups -OCH3 is 1. The normalized spacial score (nSPS) is 14.8. The summed E-state index contributed by atoms with van der Waals surface area (Å²) in [4.78, 5) is 4.39. The van der Waals surface area contributed by atoms with Crippen LogP contribution in [-0.2, 0) is 0 Å². The van der Waals surface area contributed by atoms with Crippen LogP contribution in [0.2, 0.25) is 5.02 Å². The predicted octanol–water partition coefficient (Wildman–Crippen LogP) is 6.15. The van der Waals surface area contributed by atoms with Crippen LogP contribution in [-0.4, -0.2) is 41.0 Å². The highest BCUT2D eigenvalue weighted by Gasteiger charge is 2.59. The third-order valence-electron chi connectivity index (χ3n) is 5.11. The molecule has 0 spiro atoms. The van der Waals surface area contributed by atoms with Crippen molar-refractivity contribution in [2.45, 2.75) is 24.7 Å². The average molecular weight is 489 g/mol. The molecule has 0 bridgehead atoms. The Labute approximate surface area is 191 Å². The molecule has 3 aromatic rings. The first-order valence-corrected chi connectivity index (χ1v) is 11.2. The molecule has 0 aliphatic rings. The van der Waals surface area contributed by atoms with Gasteiger partial charge in [0.15, 0.2) is 17.2 Å². The van der Waals surface area contributed by atoms with Crippen molar-refractivity contribution in [2.75, 3.05) is 24.4 Å². The van der Waals surface area contributed by atoms with Gasteiger partial charge in [0.2, 0.25) is 0 Å². The van der Waals surface area contributed by atoms with E-state index in [9.17, 15) is 22.7 Å². The van der Waals surface area contributed by atoms with E-state index in [1.165, 1.54) is 25.5 Å². The average Bonchev–Trinajstić information content (AvgIpc) is 2.73. The lowest BCUT2D eigenvalue weighted by Crippen LogP contribution is -2.54. The third kappa shape index (κ3) is 4.46. The smallest absolute Gasteiger partial charge is 0.420 e. The van der Waals surface area contributed by atoms with E-state index in [-0.39, 0.29) is 17.0 Å². The topological polar surface area (TPSA) is 54.4 Å². The van der Waals surface area contributed by atoms with Crippen LogP contribution in [0.3, 0.4) is 0 Å². The zero-order chi connectivity index (χ0) is 23.7. The minimum absolute atomic E-state index is 0.220. The quantitative estimate of drug-likeness (QED) is 0.390. The molecule has 0 aliphatic carbocycles. The molecule has 2 atom stereocenters. The number of alkyl halides is 3. The van der Waals surface area contributed by atoms with E-state index in [1.54, 1.807) is 37.3 Å². The molecule has 0 fully saturated rings. The summed E-state index contributed by atoms with van der Waals surface area (Å²) in [7, 11) is 1.22. The van der Waals surface area contributed by atoms with Crippen molar-refractivity contribution >= 4 is 40.0 Å². The lowest BCUT2D eigenvalue weighted by molar-refractivity contribution is -0.256. The summed E-state index contributed by atoms with van der Waals surface area (Å²) in [6, 6.07) is 8.92. The van der Waals surface area contributed by atoms with Gasteiger partial charge in [-0.05, 0) is 49.1 Å². The molecule has 0 saturated carbocycles. The SMILES string of the molecule is COc1ccc([C@H](Nc2cccc3nc(C)ccc23)[C@](O)(CSC)C(F)(F)F)c(Cl)c1F. The summed E-state index contributed by atoms with van der Waals surface area (Å²) in [6.45, 7) is 1.79. The van der Waals surface area contributed by atoms with Crippen molar-refractivity contribution in [3.8, 4) is 5.75 Å². The number of pyridine rings is 1. The predicted molar refractivity (Wildman–Crippen MR) is 120 cm³/mol. The summed E-state index contributed by atoms with van der Waals surface area (Å²) in [6.07, 6.45) is -3.61. The molecule has 10 heteroatoms. The Morgan fingerprint density at radius 3 is 2.53 bits per heavy atom. The highest BCUT2D eigenvalue weighted by Crippen LogP contribution is 2.46. The number of nitrogens with one attached hydrogen (secondary N) is 1. The van der Waals surface area contributed by atoms with Crippen LogP contribution < -0.4 is 10.1 Å². The van der Waals surface area contributed by atoms with Crippen LogP contribution in [0.25, 0.3) is 10.9 Å². The van der Waals surface area contributed by atoms with Gasteiger partial charge in [0, 0.05) is 22.5 Å². The minimum atomic E-state index is -5.05. The van der Waals surface area contributed by atoms with Gasteiger partial charge in [-0.3, -0.25) is 4.98 Å². The summed E-state index contributed by atoms with van der Waals surface area (Å²) < 4.78 is 62.1. The minimum Gasteiger partial charge on any atom is -0.494 e. The Kier molecular flexibility index (Phi) is 7.12. The van der Waals surface area contributed by atoms with Crippen LogP contribution in [0.15, 0.2) is 42.5 Å². The van der Waals surface area contributed by atoms with Crippen LogP contribution in [0.1, 0.15) is 17.3 Å². The lowest BCUT2D eigenvalue weighted by Gasteiger charge is -2.39. The fourth-order valence-electron chi connectivity index (χ4n) is 3.47. The number of hydrogen-bond donors (Lipinski definition) is 2. The number of ether oxygens (including phenoxy) is 1. The van der Waals surface area contributed by atoms with Gasteiger partial charge in [-0.1, -0.05) is 23.7 Å². The highest BCUT2D eigenvalue weighted by molar-refractivity contribution is 7.98. The number of halogens is 5. The van der Waals surface area contributed by atoms with Crippen molar-refractivity contribution in [1.29, 1.82) is 0 Å². The highest BCUT2D eigenvalue weighted by atomic mass is 35.5. The Morgan fingerprint density at radius 1 is 1.19 bits per heavy atom. The molecule has 2 aromatic carbocycles. The number of anilines is 1. The summed E-state index contributed by atoms with van der Waals surface area (Å²) in [5.74, 6) is -1.94. The van der Waals surface area contributed by atoms with Gasteiger partial charge < -0.3 is 15.2 Å². The molecular formula is C22H21ClF4N2O2S. The third-order valence-corrected chi connectivity index (χ3v) is 6.22. The van der Waals surface area contributed by atoms with Crippen LogP contribution in [0.4, 0.5) is 23.2 Å². The van der Waals surface area contributed by atoms with Gasteiger partial charge in [0.25, 0.3) is 0 Å². The van der Waals surface area contributed by atoms with Gasteiger partial charge in [0.1, 0.15) is 0 Å². The first kappa shape index (κ1) is 24.4. The molecule has 0 unspecified atom stereocenters. The monoisotopic (exact) mass is 488 g/mol. The summed E-state index contributed by atoms with van der Waals surface area (Å²) in [5.41, 5.74) is -1.94. The number of nitrogens with zero attached hydrogens (tertiary/aromatic N) is 1. The molecule has 0 saturated heterocycles. The zero-order valence-electron chi connectivity index (χ0n) is 17.4. The molecule has 172 valence electrons. The molecule has 0 amide bonds. The molecule has 2 N–H and O–H groups in total. The molecular weight excluding hydrogens is 468 g/mol. The first-order chi connectivity index (χ1) is 15.0. The Hall–Kier alpha value is -2.23. The second-order valence-corrected chi connectivity index (χ2v) is 8.49. The second kappa shape index (κ2) is 9.33. The molecule has 1 heterocycles. The number of aromatic nitrogens is 1. The Bertz CT molecular complexity index is 1130. The second-order valence-electron chi connectivity index (χ2n) is 7.24. The number of aryl methyl sites for hydroxylation is 1. The number of aliphatic hydroxyl groups is 1. The number of hydrogen-bond acceptors (Lipinski definition) is 5. The largest absolute Gasteiger partial charge is 0.494 e. The Morgan fingerprint density at radius 2 is 1.91 bits per heavy atom. The maximum absolute atomic E-state index is 14.7. The molecule has 3 rings (SSSR count). The fourth-order valence-corrected chi connectivity index (χ4v) is 4.50. The number of rotatable bonds is 7. The van der Waals surface area contributed by atoms with Gasteiger partial charge in [0.05, 0.1) is 23.7 Å². The van der Waals surface area contributed by atoms with E-state index < -0.39 is 34.4 Å². The van der Waals surface area contributed by atoms with Crippen molar-refractivity contribution in [1.82, 2.24) is 4.98 Å². The Balaban J connectivity index is 2.24. The number of fused-ring (bicyclic) bond motifs is 1. The van der Waals surface area contributed by atoms with E-state index in [4.69, 9.17) is 16.3 Å². The van der Waals surface area contributed by atoms with Crippen molar-refractivity contribution in [3.05, 3.63) is 64.6 Å². The number of benzene rings is 2. The molecule has 1 aromatic heterocycles. The fraction of sp³-hybridized carbons (Fsp3) is 0.318. The van der Waals surface area contributed by atoms with Gasteiger partial charge in [-0.2, -0.15) is 24.9 Å².